The fraction of sp³-hybridized carbons (Fsp3) is 0.304. The molecule has 0 saturated heterocycles. The van der Waals surface area contributed by atoms with Crippen LogP contribution >= 0.6 is 0 Å². The number of hydrogen-bond donors (Lipinski definition) is 5. The molecule has 1 amide bonds. The van der Waals surface area contributed by atoms with E-state index in [2.05, 4.69) is 25.2 Å². The average Bonchev–Trinajstić information content (AvgIpc) is 2.80. The number of carbonyl (C=O) groups is 3. The molecule has 1 atom stereocenters. The fourth-order valence-corrected chi connectivity index (χ4v) is 3.67. The second kappa shape index (κ2) is 10.6. The van der Waals surface area contributed by atoms with Gasteiger partial charge in [-0.3, -0.25) is 9.59 Å². The molecule has 0 aliphatic carbocycles. The number of carboxylic acids is 2. The molecule has 0 radical (unpaired) electrons. The van der Waals surface area contributed by atoms with Gasteiger partial charge in [-0.05, 0) is 55.7 Å². The molecular formula is C23H27N7O5. The molecule has 0 bridgehead atoms. The third kappa shape index (κ3) is 5.91. The highest BCUT2D eigenvalue weighted by Crippen LogP contribution is 2.26. The zero-order valence-electron chi connectivity index (χ0n) is 19.4. The molecule has 0 saturated carbocycles. The zero-order valence-corrected chi connectivity index (χ0v) is 19.4. The second-order valence-electron chi connectivity index (χ2n) is 7.93. The van der Waals surface area contributed by atoms with Crippen LogP contribution in [-0.4, -0.2) is 55.6 Å². The zero-order chi connectivity index (χ0) is 25.7. The number of aromatic nitrogens is 3. The maximum atomic E-state index is 12.5. The van der Waals surface area contributed by atoms with Crippen LogP contribution < -0.4 is 21.7 Å². The van der Waals surface area contributed by atoms with Gasteiger partial charge in [0.1, 0.15) is 11.9 Å². The quantitative estimate of drug-likeness (QED) is 0.282. The summed E-state index contributed by atoms with van der Waals surface area (Å²) in [5.74, 6) is -2.69. The first-order valence-electron chi connectivity index (χ1n) is 10.9. The van der Waals surface area contributed by atoms with E-state index in [9.17, 15) is 19.5 Å². The number of pyridine rings is 1. The number of carboxylic acid groups (broad SMARTS) is 2. The lowest BCUT2D eigenvalue weighted by Crippen LogP contribution is -2.41. The van der Waals surface area contributed by atoms with Gasteiger partial charge in [0.25, 0.3) is 5.91 Å². The maximum Gasteiger partial charge on any atom is 0.326 e. The highest BCUT2D eigenvalue weighted by molar-refractivity contribution is 5.97. The molecular weight excluding hydrogens is 454 g/mol. The third-order valence-electron chi connectivity index (χ3n) is 5.62. The van der Waals surface area contributed by atoms with Gasteiger partial charge in [0.2, 0.25) is 5.95 Å². The molecule has 12 heteroatoms. The lowest BCUT2D eigenvalue weighted by molar-refractivity contribution is -0.140. The van der Waals surface area contributed by atoms with Crippen LogP contribution in [0.3, 0.4) is 0 Å². The van der Waals surface area contributed by atoms with Crippen LogP contribution in [0.25, 0.3) is 11.0 Å². The summed E-state index contributed by atoms with van der Waals surface area (Å²) in [7, 11) is 0. The Labute approximate surface area is 201 Å². The summed E-state index contributed by atoms with van der Waals surface area (Å²) in [6.45, 7) is 5.08. The summed E-state index contributed by atoms with van der Waals surface area (Å²) in [6, 6.07) is 5.40. The van der Waals surface area contributed by atoms with Crippen molar-refractivity contribution in [2.45, 2.75) is 39.3 Å². The first-order chi connectivity index (χ1) is 16.6. The molecule has 3 aromatic rings. The molecule has 0 aliphatic rings. The van der Waals surface area contributed by atoms with E-state index in [0.717, 1.165) is 16.8 Å². The van der Waals surface area contributed by atoms with E-state index in [4.69, 9.17) is 16.6 Å². The number of amides is 1. The molecule has 2 heterocycles. The van der Waals surface area contributed by atoms with Gasteiger partial charge in [-0.2, -0.15) is 9.97 Å². The minimum Gasteiger partial charge on any atom is -0.481 e. The van der Waals surface area contributed by atoms with Crippen molar-refractivity contribution in [3.05, 3.63) is 47.2 Å². The topological polar surface area (TPSA) is 198 Å². The second-order valence-corrected chi connectivity index (χ2v) is 7.93. The number of rotatable bonds is 10. The Balaban J connectivity index is 1.76. The van der Waals surface area contributed by atoms with Crippen LogP contribution in [0.2, 0.25) is 0 Å². The molecule has 35 heavy (non-hydrogen) atoms. The number of anilines is 3. The molecule has 1 aromatic carbocycles. The molecule has 0 aliphatic heterocycles. The Morgan fingerprint density at radius 1 is 1.11 bits per heavy atom. The van der Waals surface area contributed by atoms with Crippen LogP contribution in [0.1, 0.15) is 41.3 Å². The Morgan fingerprint density at radius 3 is 2.40 bits per heavy atom. The van der Waals surface area contributed by atoms with Crippen LogP contribution in [0, 0.1) is 6.92 Å². The van der Waals surface area contributed by atoms with Crippen molar-refractivity contribution >= 4 is 46.3 Å². The number of benzene rings is 1. The van der Waals surface area contributed by atoms with E-state index in [0.29, 0.717) is 24.1 Å². The lowest BCUT2D eigenvalue weighted by Gasteiger charge is -2.24. The summed E-state index contributed by atoms with van der Waals surface area (Å²) in [4.78, 5) is 49.2. The van der Waals surface area contributed by atoms with Crippen molar-refractivity contribution in [3.63, 3.8) is 0 Å². The van der Waals surface area contributed by atoms with E-state index in [1.807, 2.05) is 13.8 Å². The molecule has 0 fully saturated rings. The highest BCUT2D eigenvalue weighted by Gasteiger charge is 2.22. The predicted octanol–water partition coefficient (Wildman–Crippen LogP) is 1.57. The van der Waals surface area contributed by atoms with Crippen molar-refractivity contribution in [3.8, 4) is 0 Å². The summed E-state index contributed by atoms with van der Waals surface area (Å²) in [5.41, 5.74) is 15.0. The molecule has 184 valence electrons. The SMILES string of the molecule is CCN(Cc1cnc2nc(N)nc(N)c2c1C)c1ccc(C(=O)N[C@@H](CCC(=O)O)C(=O)O)cc1. The number of carbonyl (C=O) groups excluding carboxylic acids is 1. The molecule has 3 rings (SSSR count). The first kappa shape index (κ1) is 25.1. The Bertz CT molecular complexity index is 1260. The van der Waals surface area contributed by atoms with Gasteiger partial charge in [0.15, 0.2) is 5.65 Å². The normalized spacial score (nSPS) is 11.7. The van der Waals surface area contributed by atoms with E-state index < -0.39 is 23.9 Å². The maximum absolute atomic E-state index is 12.5. The van der Waals surface area contributed by atoms with E-state index >= 15 is 0 Å². The van der Waals surface area contributed by atoms with Gasteiger partial charge < -0.3 is 31.9 Å². The average molecular weight is 482 g/mol. The van der Waals surface area contributed by atoms with Crippen molar-refractivity contribution in [2.75, 3.05) is 22.9 Å². The number of aryl methyl sites for hydroxylation is 1. The van der Waals surface area contributed by atoms with Crippen LogP contribution in [0.5, 0.6) is 0 Å². The van der Waals surface area contributed by atoms with Crippen molar-refractivity contribution < 1.29 is 24.6 Å². The van der Waals surface area contributed by atoms with Gasteiger partial charge in [-0.1, -0.05) is 0 Å². The van der Waals surface area contributed by atoms with Gasteiger partial charge in [-0.25, -0.2) is 9.78 Å². The Morgan fingerprint density at radius 2 is 1.80 bits per heavy atom. The number of nitrogens with two attached hydrogens (primary N) is 2. The summed E-state index contributed by atoms with van der Waals surface area (Å²) >= 11 is 0. The lowest BCUT2D eigenvalue weighted by atomic mass is 10.1. The van der Waals surface area contributed by atoms with Crippen molar-refractivity contribution in [2.24, 2.45) is 0 Å². The van der Waals surface area contributed by atoms with Crippen LogP contribution in [0.15, 0.2) is 30.5 Å². The molecule has 7 N–H and O–H groups in total. The summed E-state index contributed by atoms with van der Waals surface area (Å²) < 4.78 is 0. The van der Waals surface area contributed by atoms with Gasteiger partial charge in [-0.15, -0.1) is 0 Å². The third-order valence-corrected chi connectivity index (χ3v) is 5.62. The molecule has 0 spiro atoms. The van der Waals surface area contributed by atoms with Crippen LogP contribution in [0.4, 0.5) is 17.5 Å². The standard InChI is InChI=1S/C23H27N7O5/c1-3-30(11-14-10-26-20-18(12(14)2)19(24)28-23(25)29-20)15-6-4-13(5-7-15)21(33)27-16(22(34)35)8-9-17(31)32/h4-7,10,16H,3,8-9,11H2,1-2H3,(H,27,33)(H,31,32)(H,34,35)(H4,24,25,26,28,29)/t16-/m0/s1. The summed E-state index contributed by atoms with van der Waals surface area (Å²) in [6.07, 6.45) is 1.15. The van der Waals surface area contributed by atoms with Crippen LogP contribution in [-0.2, 0) is 16.1 Å². The van der Waals surface area contributed by atoms with Crippen molar-refractivity contribution in [1.82, 2.24) is 20.3 Å². The van der Waals surface area contributed by atoms with E-state index in [-0.39, 0.29) is 30.2 Å². The monoisotopic (exact) mass is 481 g/mol. The Hall–Kier alpha value is -4.48. The predicted molar refractivity (Wildman–Crippen MR) is 130 cm³/mol. The minimum absolute atomic E-state index is 0.0607. The fourth-order valence-electron chi connectivity index (χ4n) is 3.67. The largest absolute Gasteiger partial charge is 0.481 e. The smallest absolute Gasteiger partial charge is 0.326 e. The number of nitrogens with one attached hydrogen (secondary N) is 1. The molecule has 0 unspecified atom stereocenters. The van der Waals surface area contributed by atoms with Gasteiger partial charge >= 0.3 is 11.9 Å². The van der Waals surface area contributed by atoms with E-state index in [1.165, 1.54) is 0 Å². The number of aliphatic carboxylic acids is 2. The molecule has 2 aromatic heterocycles. The minimum atomic E-state index is -1.29. The summed E-state index contributed by atoms with van der Waals surface area (Å²) in [5, 5.41) is 21.0. The number of hydrogen-bond acceptors (Lipinski definition) is 9. The van der Waals surface area contributed by atoms with E-state index in [1.54, 1.807) is 30.5 Å². The van der Waals surface area contributed by atoms with Crippen molar-refractivity contribution in [1.29, 1.82) is 0 Å². The number of nitrogen functional groups attached to an aromatic ring is 2. The Kier molecular flexibility index (Phi) is 7.64. The number of fused-ring (bicyclic) bond motifs is 1. The first-order valence-corrected chi connectivity index (χ1v) is 10.9. The molecule has 12 nitrogen and oxygen atoms in total. The number of nitrogens with zero attached hydrogens (tertiary/aromatic N) is 4. The van der Waals surface area contributed by atoms with Gasteiger partial charge in [0.05, 0.1) is 5.39 Å². The highest BCUT2D eigenvalue weighted by atomic mass is 16.4. The van der Waals surface area contributed by atoms with Gasteiger partial charge in [0, 0.05) is 37.0 Å².